The van der Waals surface area contributed by atoms with E-state index >= 15 is 0 Å². The predicted molar refractivity (Wildman–Crippen MR) is 74.3 cm³/mol. The molecule has 0 saturated carbocycles. The third-order valence-corrected chi connectivity index (χ3v) is 3.24. The lowest BCUT2D eigenvalue weighted by Gasteiger charge is -2.17. The largest absolute Gasteiger partial charge is 0.397 e. The second kappa shape index (κ2) is 6.83. The molecule has 0 atom stereocenters. The molecule has 1 rings (SSSR count). The Labute approximate surface area is 117 Å². The summed E-state index contributed by atoms with van der Waals surface area (Å²) in [5.74, 6) is -0.167. The van der Waals surface area contributed by atoms with E-state index in [2.05, 4.69) is 0 Å². The highest BCUT2D eigenvalue weighted by atomic mass is 35.5. The van der Waals surface area contributed by atoms with Gasteiger partial charge in [0.1, 0.15) is 0 Å². The maximum absolute atomic E-state index is 12.1. The van der Waals surface area contributed by atoms with E-state index in [0.29, 0.717) is 31.0 Å². The fourth-order valence-electron chi connectivity index (χ4n) is 1.40. The average molecular weight is 291 g/mol. The van der Waals surface area contributed by atoms with Gasteiger partial charge in [0.25, 0.3) is 5.91 Å². The Hall–Kier alpha value is -0.970. The molecule has 2 N–H and O–H groups in total. The van der Waals surface area contributed by atoms with Gasteiger partial charge in [-0.2, -0.15) is 0 Å². The zero-order chi connectivity index (χ0) is 13.7. The quantitative estimate of drug-likeness (QED) is 0.670. The van der Waals surface area contributed by atoms with Gasteiger partial charge in [-0.05, 0) is 19.1 Å². The lowest BCUT2D eigenvalue weighted by atomic mass is 10.2. The van der Waals surface area contributed by atoms with Gasteiger partial charge < -0.3 is 15.4 Å². The lowest BCUT2D eigenvalue weighted by Crippen LogP contribution is -2.30. The van der Waals surface area contributed by atoms with E-state index in [1.807, 2.05) is 6.92 Å². The van der Waals surface area contributed by atoms with E-state index in [9.17, 15) is 4.79 Å². The van der Waals surface area contributed by atoms with Crippen LogP contribution in [0.25, 0.3) is 0 Å². The highest BCUT2D eigenvalue weighted by Gasteiger charge is 2.14. The molecule has 1 aromatic rings. The molecule has 0 heterocycles. The molecule has 0 aliphatic rings. The van der Waals surface area contributed by atoms with Gasteiger partial charge in [0.2, 0.25) is 0 Å². The number of nitrogens with two attached hydrogens (primary N) is 1. The Kier molecular flexibility index (Phi) is 5.72. The Morgan fingerprint density at radius 2 is 2.11 bits per heavy atom. The summed E-state index contributed by atoms with van der Waals surface area (Å²) in [6.07, 6.45) is 0. The highest BCUT2D eigenvalue weighted by Crippen LogP contribution is 2.29. The Bertz CT molecular complexity index is 415. The van der Waals surface area contributed by atoms with E-state index in [4.69, 9.17) is 33.7 Å². The van der Waals surface area contributed by atoms with E-state index in [1.54, 1.807) is 11.9 Å². The molecule has 4 nitrogen and oxygen atoms in total. The summed E-state index contributed by atoms with van der Waals surface area (Å²) >= 11 is 11.7. The number of nitrogen functional groups attached to an aromatic ring is 1. The normalized spacial score (nSPS) is 10.4. The summed E-state index contributed by atoms with van der Waals surface area (Å²) in [4.78, 5) is 13.6. The van der Waals surface area contributed by atoms with Crippen molar-refractivity contribution >= 4 is 34.8 Å². The standard InChI is InChI=1S/C12H16Cl2N2O2/c1-3-18-5-4-16(2)12(17)8-6-9(13)11(14)10(15)7-8/h6-7H,3-5,15H2,1-2H3. The number of nitrogens with zero attached hydrogens (tertiary/aromatic N) is 1. The zero-order valence-electron chi connectivity index (χ0n) is 10.4. The van der Waals surface area contributed by atoms with Crippen molar-refractivity contribution in [1.82, 2.24) is 4.90 Å². The monoisotopic (exact) mass is 290 g/mol. The SMILES string of the molecule is CCOCCN(C)C(=O)c1cc(N)c(Cl)c(Cl)c1. The molecule has 6 heteroatoms. The summed E-state index contributed by atoms with van der Waals surface area (Å²) in [6, 6.07) is 3.04. The first-order valence-corrected chi connectivity index (χ1v) is 6.30. The van der Waals surface area contributed by atoms with Crippen LogP contribution in [0.5, 0.6) is 0 Å². The van der Waals surface area contributed by atoms with Crippen molar-refractivity contribution in [1.29, 1.82) is 0 Å². The van der Waals surface area contributed by atoms with E-state index < -0.39 is 0 Å². The van der Waals surface area contributed by atoms with Crippen LogP contribution in [-0.4, -0.2) is 37.6 Å². The highest BCUT2D eigenvalue weighted by molar-refractivity contribution is 6.43. The number of carbonyl (C=O) groups excluding carboxylic acids is 1. The topological polar surface area (TPSA) is 55.6 Å². The fourth-order valence-corrected chi connectivity index (χ4v) is 1.74. The summed E-state index contributed by atoms with van der Waals surface area (Å²) in [5, 5.41) is 0.545. The van der Waals surface area contributed by atoms with Gasteiger partial charge in [-0.25, -0.2) is 0 Å². The summed E-state index contributed by atoms with van der Waals surface area (Å²) in [5.41, 5.74) is 6.38. The summed E-state index contributed by atoms with van der Waals surface area (Å²) < 4.78 is 5.19. The van der Waals surface area contributed by atoms with Crippen molar-refractivity contribution in [3.8, 4) is 0 Å². The molecule has 0 saturated heterocycles. The van der Waals surface area contributed by atoms with Crippen LogP contribution in [0.15, 0.2) is 12.1 Å². The van der Waals surface area contributed by atoms with Crippen LogP contribution in [0.4, 0.5) is 5.69 Å². The third kappa shape index (κ3) is 3.77. The maximum atomic E-state index is 12.1. The van der Waals surface area contributed by atoms with E-state index in [1.165, 1.54) is 12.1 Å². The van der Waals surface area contributed by atoms with Crippen LogP contribution >= 0.6 is 23.2 Å². The Balaban J connectivity index is 2.77. The van der Waals surface area contributed by atoms with Crippen LogP contribution in [0.1, 0.15) is 17.3 Å². The van der Waals surface area contributed by atoms with Crippen LogP contribution in [0.3, 0.4) is 0 Å². The minimum atomic E-state index is -0.167. The average Bonchev–Trinajstić information content (AvgIpc) is 2.34. The smallest absolute Gasteiger partial charge is 0.253 e. The van der Waals surface area contributed by atoms with Gasteiger partial charge in [0.15, 0.2) is 0 Å². The summed E-state index contributed by atoms with van der Waals surface area (Å²) in [6.45, 7) is 3.53. The van der Waals surface area contributed by atoms with Crippen molar-refractivity contribution in [2.24, 2.45) is 0 Å². The van der Waals surface area contributed by atoms with Crippen LogP contribution < -0.4 is 5.73 Å². The van der Waals surface area contributed by atoms with Crippen LogP contribution in [0.2, 0.25) is 10.0 Å². The maximum Gasteiger partial charge on any atom is 0.253 e. The van der Waals surface area contributed by atoms with Gasteiger partial charge >= 0.3 is 0 Å². The minimum Gasteiger partial charge on any atom is -0.397 e. The van der Waals surface area contributed by atoms with Crippen molar-refractivity contribution in [2.75, 3.05) is 32.5 Å². The number of halogens is 2. The molecule has 100 valence electrons. The molecule has 0 bridgehead atoms. The number of likely N-dealkylation sites (N-methyl/N-ethyl adjacent to an activating group) is 1. The lowest BCUT2D eigenvalue weighted by molar-refractivity contribution is 0.0710. The molecule has 0 unspecified atom stereocenters. The zero-order valence-corrected chi connectivity index (χ0v) is 11.9. The Morgan fingerprint density at radius 1 is 1.44 bits per heavy atom. The number of carbonyl (C=O) groups is 1. The van der Waals surface area contributed by atoms with Crippen LogP contribution in [-0.2, 0) is 4.74 Å². The minimum absolute atomic E-state index is 0.167. The molecule has 0 fully saturated rings. The first-order chi connectivity index (χ1) is 8.47. The van der Waals surface area contributed by atoms with E-state index in [-0.39, 0.29) is 16.0 Å². The molecular formula is C12H16Cl2N2O2. The molecular weight excluding hydrogens is 275 g/mol. The first-order valence-electron chi connectivity index (χ1n) is 5.55. The van der Waals surface area contributed by atoms with Gasteiger partial charge in [-0.15, -0.1) is 0 Å². The number of hydrogen-bond acceptors (Lipinski definition) is 3. The third-order valence-electron chi connectivity index (χ3n) is 2.43. The Morgan fingerprint density at radius 3 is 2.67 bits per heavy atom. The number of hydrogen-bond donors (Lipinski definition) is 1. The molecule has 0 aromatic heterocycles. The van der Waals surface area contributed by atoms with Gasteiger partial charge in [-0.1, -0.05) is 23.2 Å². The first kappa shape index (κ1) is 15.1. The number of anilines is 1. The van der Waals surface area contributed by atoms with Crippen molar-refractivity contribution in [2.45, 2.75) is 6.92 Å². The number of rotatable bonds is 5. The van der Waals surface area contributed by atoms with Gasteiger partial charge in [0, 0.05) is 25.8 Å². The molecule has 1 aromatic carbocycles. The van der Waals surface area contributed by atoms with Crippen molar-refractivity contribution in [3.05, 3.63) is 27.7 Å². The van der Waals surface area contributed by atoms with Crippen molar-refractivity contribution < 1.29 is 9.53 Å². The van der Waals surface area contributed by atoms with Crippen LogP contribution in [0, 0.1) is 0 Å². The molecule has 0 aliphatic heterocycles. The number of ether oxygens (including phenoxy) is 1. The van der Waals surface area contributed by atoms with Gasteiger partial charge in [-0.3, -0.25) is 4.79 Å². The fraction of sp³-hybridized carbons (Fsp3) is 0.417. The number of benzene rings is 1. The second-order valence-corrected chi connectivity index (χ2v) is 4.57. The van der Waals surface area contributed by atoms with E-state index in [0.717, 1.165) is 0 Å². The molecule has 0 aliphatic carbocycles. The second-order valence-electron chi connectivity index (χ2n) is 3.78. The molecule has 0 radical (unpaired) electrons. The molecule has 18 heavy (non-hydrogen) atoms. The summed E-state index contributed by atoms with van der Waals surface area (Å²) in [7, 11) is 1.69. The number of amides is 1. The van der Waals surface area contributed by atoms with Gasteiger partial charge in [0.05, 0.1) is 22.3 Å². The predicted octanol–water partition coefficient (Wildman–Crippen LogP) is 2.68. The molecule has 0 spiro atoms. The molecule has 1 amide bonds. The van der Waals surface area contributed by atoms with Crippen molar-refractivity contribution in [3.63, 3.8) is 0 Å².